The lowest BCUT2D eigenvalue weighted by Gasteiger charge is -2.05. The smallest absolute Gasteiger partial charge is 0.0738 e. The summed E-state index contributed by atoms with van der Waals surface area (Å²) < 4.78 is 4.22. The Morgan fingerprint density at radius 1 is 1.25 bits per heavy atom. The minimum atomic E-state index is 0.803. The van der Waals surface area contributed by atoms with E-state index in [4.69, 9.17) is 0 Å². The molecule has 0 fully saturated rings. The lowest BCUT2D eigenvalue weighted by Crippen LogP contribution is -2.03. The first kappa shape index (κ1) is 11.9. The van der Waals surface area contributed by atoms with E-state index in [1.165, 1.54) is 5.56 Å². The maximum Gasteiger partial charge on any atom is 0.0738 e. The van der Waals surface area contributed by atoms with E-state index in [0.29, 0.717) is 0 Å². The number of benzene rings is 1. The summed E-state index contributed by atoms with van der Waals surface area (Å²) >= 11 is 7.01. The number of halogens is 2. The second-order valence-corrected chi connectivity index (χ2v) is 5.48. The Balaban J connectivity index is 2.30. The van der Waals surface area contributed by atoms with Crippen molar-refractivity contribution in [3.63, 3.8) is 0 Å². The summed E-state index contributed by atoms with van der Waals surface area (Å²) in [6.07, 6.45) is 0. The second-order valence-electron chi connectivity index (χ2n) is 3.77. The molecule has 0 aliphatic carbocycles. The predicted octanol–water partition coefficient (Wildman–Crippen LogP) is 4.07. The van der Waals surface area contributed by atoms with Gasteiger partial charge in [-0.25, -0.2) is 0 Å². The minimum absolute atomic E-state index is 0.803. The monoisotopic (exact) mass is 342 g/mol. The first-order valence-electron chi connectivity index (χ1n) is 5.02. The van der Waals surface area contributed by atoms with Gasteiger partial charge in [-0.3, -0.25) is 4.68 Å². The maximum atomic E-state index is 4.49. The molecule has 0 saturated heterocycles. The molecule has 1 heterocycles. The van der Waals surface area contributed by atoms with Gasteiger partial charge in [-0.1, -0.05) is 28.1 Å². The summed E-state index contributed by atoms with van der Waals surface area (Å²) in [5.74, 6) is 0. The summed E-state index contributed by atoms with van der Waals surface area (Å²) in [7, 11) is 0. The highest BCUT2D eigenvalue weighted by Crippen LogP contribution is 2.21. The number of aryl methyl sites for hydroxylation is 1. The summed E-state index contributed by atoms with van der Waals surface area (Å²) in [5.41, 5.74) is 3.44. The molecule has 2 nitrogen and oxygen atoms in total. The zero-order chi connectivity index (χ0) is 11.7. The fourth-order valence-corrected chi connectivity index (χ4v) is 2.37. The van der Waals surface area contributed by atoms with Crippen molar-refractivity contribution < 1.29 is 0 Å². The number of hydrogen-bond acceptors (Lipinski definition) is 1. The molecule has 16 heavy (non-hydrogen) atoms. The van der Waals surface area contributed by atoms with Crippen molar-refractivity contribution >= 4 is 31.9 Å². The van der Waals surface area contributed by atoms with Crippen LogP contribution in [0.3, 0.4) is 0 Å². The van der Waals surface area contributed by atoms with Crippen LogP contribution in [0.25, 0.3) is 0 Å². The molecule has 0 radical (unpaired) electrons. The molecule has 0 saturated carbocycles. The molecule has 2 aromatic rings. The van der Waals surface area contributed by atoms with Gasteiger partial charge in [0, 0.05) is 4.47 Å². The maximum absolute atomic E-state index is 4.49. The molecule has 0 amide bonds. The molecule has 4 heteroatoms. The Morgan fingerprint density at radius 3 is 2.56 bits per heavy atom. The molecule has 0 aliphatic rings. The molecule has 84 valence electrons. The highest BCUT2D eigenvalue weighted by atomic mass is 79.9. The fourth-order valence-electron chi connectivity index (χ4n) is 1.64. The van der Waals surface area contributed by atoms with Crippen LogP contribution in [0.15, 0.2) is 33.2 Å². The number of aromatic nitrogens is 2. The fraction of sp³-hybridized carbons (Fsp3) is 0.250. The van der Waals surface area contributed by atoms with Gasteiger partial charge in [0.05, 0.1) is 22.4 Å². The molecule has 0 N–H and O–H groups in total. The number of rotatable bonds is 2. The normalized spacial score (nSPS) is 10.8. The molecule has 1 aromatic heterocycles. The third kappa shape index (κ3) is 2.38. The SMILES string of the molecule is Cc1nn(Cc2cccc(Br)c2)c(C)c1Br. The van der Waals surface area contributed by atoms with Crippen molar-refractivity contribution in [2.24, 2.45) is 0 Å². The Labute approximate surface area is 112 Å². The van der Waals surface area contributed by atoms with E-state index in [-0.39, 0.29) is 0 Å². The molecule has 2 rings (SSSR count). The van der Waals surface area contributed by atoms with Gasteiger partial charge in [0.25, 0.3) is 0 Å². The van der Waals surface area contributed by atoms with E-state index < -0.39 is 0 Å². The topological polar surface area (TPSA) is 17.8 Å². The Hall–Kier alpha value is -0.610. The highest BCUT2D eigenvalue weighted by Gasteiger charge is 2.08. The lowest BCUT2D eigenvalue weighted by atomic mass is 10.2. The van der Waals surface area contributed by atoms with E-state index >= 15 is 0 Å². The summed E-state index contributed by atoms with van der Waals surface area (Å²) in [6.45, 7) is 4.88. The zero-order valence-corrected chi connectivity index (χ0v) is 12.3. The highest BCUT2D eigenvalue weighted by molar-refractivity contribution is 9.10. The predicted molar refractivity (Wildman–Crippen MR) is 72.6 cm³/mol. The van der Waals surface area contributed by atoms with Gasteiger partial charge in [-0.2, -0.15) is 5.10 Å². The zero-order valence-electron chi connectivity index (χ0n) is 9.17. The van der Waals surface area contributed by atoms with Crippen LogP contribution in [-0.4, -0.2) is 9.78 Å². The number of hydrogen-bond donors (Lipinski definition) is 0. The Morgan fingerprint density at radius 2 is 2.00 bits per heavy atom. The largest absolute Gasteiger partial charge is 0.264 e. The van der Waals surface area contributed by atoms with Crippen LogP contribution in [0.4, 0.5) is 0 Å². The molecule has 0 spiro atoms. The van der Waals surface area contributed by atoms with Crippen molar-refractivity contribution in [2.75, 3.05) is 0 Å². The summed E-state index contributed by atoms with van der Waals surface area (Å²) in [6, 6.07) is 8.29. The first-order valence-corrected chi connectivity index (χ1v) is 6.60. The molecule has 0 aliphatic heterocycles. The average Bonchev–Trinajstić information content (AvgIpc) is 2.47. The molecule has 1 aromatic carbocycles. The average molecular weight is 344 g/mol. The Bertz CT molecular complexity index is 518. The van der Waals surface area contributed by atoms with Crippen LogP contribution in [0.1, 0.15) is 17.0 Å². The van der Waals surface area contributed by atoms with E-state index in [0.717, 1.165) is 26.9 Å². The van der Waals surface area contributed by atoms with Gasteiger partial charge in [-0.05, 0) is 47.5 Å². The van der Waals surface area contributed by atoms with E-state index in [1.54, 1.807) is 0 Å². The van der Waals surface area contributed by atoms with Gasteiger partial charge in [0.15, 0.2) is 0 Å². The van der Waals surface area contributed by atoms with Gasteiger partial charge < -0.3 is 0 Å². The van der Waals surface area contributed by atoms with Gasteiger partial charge in [-0.15, -0.1) is 0 Å². The first-order chi connectivity index (χ1) is 7.58. The van der Waals surface area contributed by atoms with Gasteiger partial charge >= 0.3 is 0 Å². The number of nitrogens with zero attached hydrogens (tertiary/aromatic N) is 2. The molecule has 0 bridgehead atoms. The molecule has 0 atom stereocenters. The molecule has 0 unspecified atom stereocenters. The van der Waals surface area contributed by atoms with Crippen molar-refractivity contribution in [2.45, 2.75) is 20.4 Å². The third-order valence-corrected chi connectivity index (χ3v) is 4.16. The van der Waals surface area contributed by atoms with E-state index in [2.05, 4.69) is 56.0 Å². The van der Waals surface area contributed by atoms with Crippen molar-refractivity contribution in [1.82, 2.24) is 9.78 Å². The molecular weight excluding hydrogens is 332 g/mol. The van der Waals surface area contributed by atoms with Gasteiger partial charge in [0.2, 0.25) is 0 Å². The van der Waals surface area contributed by atoms with Crippen molar-refractivity contribution in [3.8, 4) is 0 Å². The standard InChI is InChI=1S/C12H12Br2N2/c1-8-12(14)9(2)16(15-8)7-10-4-3-5-11(13)6-10/h3-6H,7H2,1-2H3. The van der Waals surface area contributed by atoms with Crippen LogP contribution in [0, 0.1) is 13.8 Å². The van der Waals surface area contributed by atoms with Crippen LogP contribution in [-0.2, 0) is 6.54 Å². The second kappa shape index (κ2) is 4.72. The van der Waals surface area contributed by atoms with Crippen molar-refractivity contribution in [3.05, 3.63) is 50.2 Å². The van der Waals surface area contributed by atoms with E-state index in [9.17, 15) is 0 Å². The van der Waals surface area contributed by atoms with Crippen LogP contribution in [0.5, 0.6) is 0 Å². The molecular formula is C12H12Br2N2. The Kier molecular flexibility index (Phi) is 3.50. The summed E-state index contributed by atoms with van der Waals surface area (Å²) in [5, 5.41) is 4.49. The summed E-state index contributed by atoms with van der Waals surface area (Å²) in [4.78, 5) is 0. The third-order valence-electron chi connectivity index (χ3n) is 2.51. The van der Waals surface area contributed by atoms with Crippen molar-refractivity contribution in [1.29, 1.82) is 0 Å². The van der Waals surface area contributed by atoms with Crippen LogP contribution < -0.4 is 0 Å². The minimum Gasteiger partial charge on any atom is -0.264 e. The lowest BCUT2D eigenvalue weighted by molar-refractivity contribution is 0.658. The van der Waals surface area contributed by atoms with Crippen LogP contribution in [0.2, 0.25) is 0 Å². The van der Waals surface area contributed by atoms with Crippen LogP contribution >= 0.6 is 31.9 Å². The van der Waals surface area contributed by atoms with Gasteiger partial charge in [0.1, 0.15) is 0 Å². The van der Waals surface area contributed by atoms with E-state index in [1.807, 2.05) is 23.7 Å². The quantitative estimate of drug-likeness (QED) is 0.803.